The molecular weight excluding hydrogens is 569 g/mol. The zero-order valence-electron chi connectivity index (χ0n) is 24.8. The smallest absolute Gasteiger partial charge is 0.138 e. The van der Waals surface area contributed by atoms with E-state index in [1.165, 1.54) is 12.1 Å². The number of likely N-dealkylation sites (N-methyl/N-ethyl adjacent to an activating group) is 1. The van der Waals surface area contributed by atoms with Crippen LogP contribution in [-0.4, -0.2) is 62.3 Å². The lowest BCUT2D eigenvalue weighted by molar-refractivity contribution is 0.260. The Balaban J connectivity index is 1.20. The Bertz CT molecular complexity index is 2110. The van der Waals surface area contributed by atoms with Crippen LogP contribution in [0.4, 0.5) is 4.39 Å². The van der Waals surface area contributed by atoms with Gasteiger partial charge in [-0.05, 0) is 56.1 Å². The van der Waals surface area contributed by atoms with Crippen LogP contribution in [0, 0.1) is 5.82 Å². The van der Waals surface area contributed by atoms with Crippen molar-refractivity contribution in [3.05, 3.63) is 109 Å². The summed E-state index contributed by atoms with van der Waals surface area (Å²) in [7, 11) is 3.93. The highest BCUT2D eigenvalue weighted by Gasteiger charge is 2.17. The molecule has 0 saturated heterocycles. The van der Waals surface area contributed by atoms with Crippen molar-refractivity contribution in [1.82, 2.24) is 35.0 Å². The number of halogens is 1. The van der Waals surface area contributed by atoms with Crippen LogP contribution in [0.15, 0.2) is 97.6 Å². The Morgan fingerprint density at radius 3 is 2.49 bits per heavy atom. The third-order valence-corrected chi connectivity index (χ3v) is 7.46. The molecule has 0 aliphatic rings. The molecule has 0 spiro atoms. The first kappa shape index (κ1) is 28.2. The van der Waals surface area contributed by atoms with Gasteiger partial charge >= 0.3 is 0 Å². The van der Waals surface area contributed by atoms with E-state index >= 15 is 0 Å². The van der Waals surface area contributed by atoms with Crippen LogP contribution in [0.2, 0.25) is 0 Å². The van der Waals surface area contributed by atoms with E-state index in [0.717, 1.165) is 56.6 Å². The molecule has 0 atom stereocenters. The van der Waals surface area contributed by atoms with Gasteiger partial charge in [0.25, 0.3) is 0 Å². The van der Waals surface area contributed by atoms with E-state index in [1.54, 1.807) is 24.8 Å². The molecule has 0 amide bonds. The molecule has 5 heterocycles. The summed E-state index contributed by atoms with van der Waals surface area (Å²) in [6.45, 7) is 1.62. The Morgan fingerprint density at radius 2 is 1.62 bits per heavy atom. The summed E-state index contributed by atoms with van der Waals surface area (Å²) in [6, 6.07) is 22.5. The van der Waals surface area contributed by atoms with Gasteiger partial charge in [-0.1, -0.05) is 30.3 Å². The van der Waals surface area contributed by atoms with E-state index < -0.39 is 0 Å². The van der Waals surface area contributed by atoms with Crippen molar-refractivity contribution in [2.24, 2.45) is 0 Å². The number of nitrogens with one attached hydrogen (secondary N) is 2. The average Bonchev–Trinajstić information content (AvgIpc) is 3.68. The number of aromatic amines is 2. The first-order valence-electron chi connectivity index (χ1n) is 14.5. The zero-order chi connectivity index (χ0) is 30.8. The molecule has 5 aromatic heterocycles. The van der Waals surface area contributed by atoms with E-state index in [1.807, 2.05) is 79.7 Å². The van der Waals surface area contributed by atoms with Crippen LogP contribution < -0.4 is 9.47 Å². The molecule has 0 bridgehead atoms. The largest absolute Gasteiger partial charge is 0.492 e. The molecule has 9 nitrogen and oxygen atoms in total. The van der Waals surface area contributed by atoms with Crippen LogP contribution in [-0.2, 0) is 6.61 Å². The lowest BCUT2D eigenvalue weighted by Crippen LogP contribution is -2.19. The van der Waals surface area contributed by atoms with Gasteiger partial charge in [0.1, 0.15) is 36.2 Å². The molecule has 0 unspecified atom stereocenters. The molecule has 45 heavy (non-hydrogen) atoms. The van der Waals surface area contributed by atoms with Crippen molar-refractivity contribution in [1.29, 1.82) is 0 Å². The van der Waals surface area contributed by atoms with Crippen LogP contribution in [0.1, 0.15) is 5.56 Å². The fraction of sp³-hybridized carbons (Fsp3) is 0.143. The Hall–Kier alpha value is -5.61. The van der Waals surface area contributed by atoms with E-state index in [9.17, 15) is 4.39 Å². The molecule has 0 fully saturated rings. The molecule has 7 rings (SSSR count). The summed E-state index contributed by atoms with van der Waals surface area (Å²) in [5.41, 5.74) is 7.08. The second-order valence-electron chi connectivity index (χ2n) is 11.0. The summed E-state index contributed by atoms with van der Waals surface area (Å²) in [5.74, 6) is 0.734. The van der Waals surface area contributed by atoms with Crippen LogP contribution in [0.25, 0.3) is 55.7 Å². The molecule has 0 radical (unpaired) electrons. The van der Waals surface area contributed by atoms with Crippen molar-refractivity contribution >= 4 is 21.8 Å². The number of fused-ring (bicyclic) bond motifs is 2. The van der Waals surface area contributed by atoms with E-state index in [4.69, 9.17) is 9.47 Å². The molecule has 2 N–H and O–H groups in total. The van der Waals surface area contributed by atoms with E-state index in [-0.39, 0.29) is 5.82 Å². The monoisotopic (exact) mass is 599 g/mol. The van der Waals surface area contributed by atoms with Gasteiger partial charge in [0.05, 0.1) is 35.0 Å². The number of aromatic nitrogens is 6. The topological polar surface area (TPSA) is 105 Å². The number of pyridine rings is 3. The van der Waals surface area contributed by atoms with Gasteiger partial charge in [0.2, 0.25) is 0 Å². The minimum atomic E-state index is -0.385. The SMILES string of the molecule is CN(C)CCOc1cc(F)cc(-c2nccc3[nH]c(-c4n[nH]c5cnc(-c6cncc(OCc7ccccc7)c6)cc45)cc23)c1. The second-order valence-corrected chi connectivity index (χ2v) is 11.0. The fourth-order valence-corrected chi connectivity index (χ4v) is 5.20. The van der Waals surface area contributed by atoms with Gasteiger partial charge in [0, 0.05) is 52.4 Å². The maximum Gasteiger partial charge on any atom is 0.138 e. The molecule has 7 aromatic rings. The molecule has 0 aliphatic heterocycles. The fourth-order valence-electron chi connectivity index (χ4n) is 5.20. The number of hydrogen-bond acceptors (Lipinski definition) is 7. The Labute approximate surface area is 258 Å². The van der Waals surface area contributed by atoms with Gasteiger partial charge < -0.3 is 19.4 Å². The predicted molar refractivity (Wildman–Crippen MR) is 172 cm³/mol. The van der Waals surface area contributed by atoms with Crippen molar-refractivity contribution in [2.45, 2.75) is 6.61 Å². The lowest BCUT2D eigenvalue weighted by atomic mass is 10.1. The number of rotatable bonds is 10. The lowest BCUT2D eigenvalue weighted by Gasteiger charge is -2.12. The van der Waals surface area contributed by atoms with Crippen LogP contribution >= 0.6 is 0 Å². The number of H-pyrrole nitrogens is 2. The van der Waals surface area contributed by atoms with E-state index in [0.29, 0.717) is 36.0 Å². The average molecular weight is 600 g/mol. The highest BCUT2D eigenvalue weighted by Crippen LogP contribution is 2.35. The number of ether oxygens (including phenoxy) is 2. The molecule has 0 aliphatic carbocycles. The van der Waals surface area contributed by atoms with Crippen molar-refractivity contribution in [2.75, 3.05) is 27.2 Å². The van der Waals surface area contributed by atoms with Gasteiger partial charge in [0.15, 0.2) is 0 Å². The molecule has 2 aromatic carbocycles. The van der Waals surface area contributed by atoms with Crippen molar-refractivity contribution < 1.29 is 13.9 Å². The van der Waals surface area contributed by atoms with Gasteiger partial charge in [-0.3, -0.25) is 20.1 Å². The standard InChI is InChI=1S/C35H30FN7O2/c1-43(2)10-11-44-26-13-23(12-25(36)15-26)34-28-17-32(40-30(28)8-9-38-34)35-29-16-31(39-20-33(29)41-42-35)24-14-27(19-37-18-24)45-21-22-6-4-3-5-7-22/h3-9,12-20,40H,10-11,21H2,1-2H3,(H,41,42). The molecule has 10 heteroatoms. The highest BCUT2D eigenvalue weighted by molar-refractivity contribution is 6.00. The maximum atomic E-state index is 14.7. The summed E-state index contributed by atoms with van der Waals surface area (Å²) in [6.07, 6.45) is 6.93. The van der Waals surface area contributed by atoms with Crippen molar-refractivity contribution in [3.63, 3.8) is 0 Å². The van der Waals surface area contributed by atoms with Gasteiger partial charge in [-0.2, -0.15) is 5.10 Å². The van der Waals surface area contributed by atoms with Crippen molar-refractivity contribution in [3.8, 4) is 45.4 Å². The Morgan fingerprint density at radius 1 is 0.778 bits per heavy atom. The highest BCUT2D eigenvalue weighted by atomic mass is 19.1. The third kappa shape index (κ3) is 6.09. The summed E-state index contributed by atoms with van der Waals surface area (Å²) >= 11 is 0. The summed E-state index contributed by atoms with van der Waals surface area (Å²) < 4.78 is 26.5. The van der Waals surface area contributed by atoms with Gasteiger partial charge in [-0.15, -0.1) is 0 Å². The first-order chi connectivity index (χ1) is 22.0. The summed E-state index contributed by atoms with van der Waals surface area (Å²) in [4.78, 5) is 19.1. The number of nitrogens with zero attached hydrogens (tertiary/aromatic N) is 5. The van der Waals surface area contributed by atoms with Gasteiger partial charge in [-0.25, -0.2) is 4.39 Å². The predicted octanol–water partition coefficient (Wildman–Crippen LogP) is 6.89. The molecular formula is C35H30FN7O2. The Kier molecular flexibility index (Phi) is 7.62. The number of benzene rings is 2. The van der Waals surface area contributed by atoms with Crippen LogP contribution in [0.3, 0.4) is 0 Å². The van der Waals surface area contributed by atoms with E-state index in [2.05, 4.69) is 30.1 Å². The molecule has 224 valence electrons. The normalized spacial score (nSPS) is 11.5. The minimum absolute atomic E-state index is 0.385. The minimum Gasteiger partial charge on any atom is -0.492 e. The van der Waals surface area contributed by atoms with Crippen LogP contribution in [0.5, 0.6) is 11.5 Å². The second kappa shape index (κ2) is 12.2. The maximum absolute atomic E-state index is 14.7. The third-order valence-electron chi connectivity index (χ3n) is 7.46. The molecule has 0 saturated carbocycles. The zero-order valence-corrected chi connectivity index (χ0v) is 24.8. The quantitative estimate of drug-likeness (QED) is 0.176. The first-order valence-corrected chi connectivity index (χ1v) is 14.5. The summed E-state index contributed by atoms with van der Waals surface area (Å²) in [5, 5.41) is 9.43. The number of hydrogen-bond donors (Lipinski definition) is 2.